The Hall–Kier alpha value is -2.21. The summed E-state index contributed by atoms with van der Waals surface area (Å²) in [5, 5.41) is 3.06. The highest BCUT2D eigenvalue weighted by Crippen LogP contribution is 2.12. The molecule has 5 heteroatoms. The number of piperazine rings is 1. The van der Waals surface area contributed by atoms with Crippen molar-refractivity contribution in [1.82, 2.24) is 20.0 Å². The van der Waals surface area contributed by atoms with E-state index in [1.807, 2.05) is 12.1 Å². The fourth-order valence-electron chi connectivity index (χ4n) is 3.85. The van der Waals surface area contributed by atoms with Crippen LogP contribution in [0.1, 0.15) is 40.9 Å². The summed E-state index contributed by atoms with van der Waals surface area (Å²) in [5.74, 6) is -0.0196. The lowest BCUT2D eigenvalue weighted by molar-refractivity contribution is 0.0951. The average molecular weight is 409 g/mol. The fraction of sp³-hybridized carbons (Fsp3) is 0.480. The summed E-state index contributed by atoms with van der Waals surface area (Å²) in [6.45, 7) is 13.3. The van der Waals surface area contributed by atoms with Crippen molar-refractivity contribution in [2.24, 2.45) is 0 Å². The van der Waals surface area contributed by atoms with E-state index in [2.05, 4.69) is 77.3 Å². The van der Waals surface area contributed by atoms with Crippen molar-refractivity contribution in [3.8, 4) is 0 Å². The average Bonchev–Trinajstić information content (AvgIpc) is 2.78. The van der Waals surface area contributed by atoms with Crippen molar-refractivity contribution < 1.29 is 4.79 Å². The van der Waals surface area contributed by atoms with Crippen molar-refractivity contribution in [3.05, 3.63) is 70.8 Å². The van der Waals surface area contributed by atoms with E-state index in [-0.39, 0.29) is 5.91 Å². The molecule has 0 aliphatic carbocycles. The maximum absolute atomic E-state index is 12.6. The molecule has 1 amide bonds. The summed E-state index contributed by atoms with van der Waals surface area (Å²) in [6, 6.07) is 16.5. The van der Waals surface area contributed by atoms with Crippen LogP contribution in [-0.4, -0.2) is 66.9 Å². The van der Waals surface area contributed by atoms with Crippen molar-refractivity contribution in [1.29, 1.82) is 0 Å². The molecule has 3 rings (SSSR count). The molecule has 0 atom stereocenters. The summed E-state index contributed by atoms with van der Waals surface area (Å²) in [5.41, 5.74) is 4.42. The molecule has 2 aromatic rings. The maximum Gasteiger partial charge on any atom is 0.251 e. The number of carbonyl (C=O) groups is 1. The van der Waals surface area contributed by atoms with E-state index in [1.54, 1.807) is 0 Å². The van der Waals surface area contributed by atoms with Crippen LogP contribution in [0.15, 0.2) is 48.5 Å². The van der Waals surface area contributed by atoms with Crippen LogP contribution in [0.5, 0.6) is 0 Å². The van der Waals surface area contributed by atoms with E-state index >= 15 is 0 Å². The molecule has 1 fully saturated rings. The highest BCUT2D eigenvalue weighted by molar-refractivity contribution is 5.94. The van der Waals surface area contributed by atoms with Crippen LogP contribution in [0.3, 0.4) is 0 Å². The van der Waals surface area contributed by atoms with Gasteiger partial charge in [-0.05, 0) is 49.0 Å². The number of hydrogen-bond acceptors (Lipinski definition) is 4. The van der Waals surface area contributed by atoms with Gasteiger partial charge in [-0.2, -0.15) is 0 Å². The van der Waals surface area contributed by atoms with Crippen LogP contribution >= 0.6 is 0 Å². The summed E-state index contributed by atoms with van der Waals surface area (Å²) in [7, 11) is 2.18. The predicted octanol–water partition coefficient (Wildman–Crippen LogP) is 3.21. The van der Waals surface area contributed by atoms with Crippen LogP contribution in [0.25, 0.3) is 0 Å². The molecule has 0 aromatic heterocycles. The lowest BCUT2D eigenvalue weighted by atomic mass is 10.1. The third kappa shape index (κ3) is 6.66. The van der Waals surface area contributed by atoms with Gasteiger partial charge in [0.15, 0.2) is 0 Å². The Kier molecular flexibility index (Phi) is 8.43. The first-order valence-electron chi connectivity index (χ1n) is 11.2. The molecule has 1 N–H and O–H groups in total. The van der Waals surface area contributed by atoms with Crippen LogP contribution < -0.4 is 5.32 Å². The van der Waals surface area contributed by atoms with Gasteiger partial charge in [-0.25, -0.2) is 0 Å². The molecule has 5 nitrogen and oxygen atoms in total. The standard InChI is InChI=1S/C25H36N4O/c1-4-28(5-2)19-21-9-11-24(12-10-21)25(30)26-18-22-7-6-8-23(17-22)20-29-15-13-27(3)14-16-29/h6-12,17H,4-5,13-16,18-20H2,1-3H3,(H,26,30). The number of amides is 1. The zero-order valence-electron chi connectivity index (χ0n) is 18.7. The van der Waals surface area contributed by atoms with Gasteiger partial charge >= 0.3 is 0 Å². The number of benzene rings is 2. The highest BCUT2D eigenvalue weighted by atomic mass is 16.1. The van der Waals surface area contributed by atoms with Gasteiger partial charge in [-0.3, -0.25) is 14.6 Å². The Morgan fingerprint density at radius 2 is 1.60 bits per heavy atom. The van der Waals surface area contributed by atoms with Crippen LogP contribution in [0.2, 0.25) is 0 Å². The second-order valence-corrected chi connectivity index (χ2v) is 8.24. The minimum atomic E-state index is -0.0196. The number of likely N-dealkylation sites (N-methyl/N-ethyl adjacent to an activating group) is 1. The zero-order valence-corrected chi connectivity index (χ0v) is 18.7. The normalized spacial score (nSPS) is 15.5. The molecule has 2 aromatic carbocycles. The van der Waals surface area contributed by atoms with E-state index in [4.69, 9.17) is 0 Å². The van der Waals surface area contributed by atoms with Crippen LogP contribution in [0, 0.1) is 0 Å². The molecule has 0 saturated carbocycles. The number of rotatable bonds is 9. The quantitative estimate of drug-likeness (QED) is 0.692. The van der Waals surface area contributed by atoms with Gasteiger partial charge in [0.1, 0.15) is 0 Å². The van der Waals surface area contributed by atoms with Crippen LogP contribution in [-0.2, 0) is 19.6 Å². The van der Waals surface area contributed by atoms with E-state index in [9.17, 15) is 4.79 Å². The molecule has 1 aliphatic heterocycles. The van der Waals surface area contributed by atoms with E-state index in [1.165, 1.54) is 11.1 Å². The van der Waals surface area contributed by atoms with Crippen molar-refractivity contribution >= 4 is 5.91 Å². The predicted molar refractivity (Wildman–Crippen MR) is 123 cm³/mol. The maximum atomic E-state index is 12.6. The molecular formula is C25H36N4O. The summed E-state index contributed by atoms with van der Waals surface area (Å²) in [4.78, 5) is 19.8. The van der Waals surface area contributed by atoms with Gasteiger partial charge in [0.05, 0.1) is 0 Å². The fourth-order valence-corrected chi connectivity index (χ4v) is 3.85. The molecule has 1 aliphatic rings. The van der Waals surface area contributed by atoms with Gasteiger partial charge in [0.25, 0.3) is 5.91 Å². The molecule has 0 spiro atoms. The molecule has 0 bridgehead atoms. The van der Waals surface area contributed by atoms with Crippen molar-refractivity contribution in [2.45, 2.75) is 33.5 Å². The Labute approximate surface area is 181 Å². The van der Waals surface area contributed by atoms with E-state index < -0.39 is 0 Å². The lowest BCUT2D eigenvalue weighted by Crippen LogP contribution is -2.43. The third-order valence-electron chi connectivity index (χ3n) is 5.96. The largest absolute Gasteiger partial charge is 0.348 e. The molecule has 30 heavy (non-hydrogen) atoms. The van der Waals surface area contributed by atoms with Crippen molar-refractivity contribution in [3.63, 3.8) is 0 Å². The minimum Gasteiger partial charge on any atom is -0.348 e. The van der Waals surface area contributed by atoms with Gasteiger partial charge in [0.2, 0.25) is 0 Å². The molecule has 1 saturated heterocycles. The summed E-state index contributed by atoms with van der Waals surface area (Å²) >= 11 is 0. The molecule has 162 valence electrons. The number of nitrogens with one attached hydrogen (secondary N) is 1. The summed E-state index contributed by atoms with van der Waals surface area (Å²) < 4.78 is 0. The summed E-state index contributed by atoms with van der Waals surface area (Å²) in [6.07, 6.45) is 0. The minimum absolute atomic E-state index is 0.0196. The molecule has 1 heterocycles. The Morgan fingerprint density at radius 3 is 2.27 bits per heavy atom. The Morgan fingerprint density at radius 1 is 0.933 bits per heavy atom. The smallest absolute Gasteiger partial charge is 0.251 e. The Balaban J connectivity index is 1.50. The molecule has 0 radical (unpaired) electrons. The number of nitrogens with zero attached hydrogens (tertiary/aromatic N) is 3. The SMILES string of the molecule is CCN(CC)Cc1ccc(C(=O)NCc2cccc(CN3CCN(C)CC3)c2)cc1. The van der Waals surface area contributed by atoms with Gasteiger partial charge in [-0.1, -0.05) is 50.2 Å². The monoisotopic (exact) mass is 408 g/mol. The first kappa shape index (κ1) is 22.5. The van der Waals surface area contributed by atoms with Gasteiger partial charge < -0.3 is 10.2 Å². The van der Waals surface area contributed by atoms with Crippen molar-refractivity contribution in [2.75, 3.05) is 46.3 Å². The molecule has 0 unspecified atom stereocenters. The number of hydrogen-bond donors (Lipinski definition) is 1. The topological polar surface area (TPSA) is 38.8 Å². The van der Waals surface area contributed by atoms with E-state index in [0.717, 1.165) is 57.9 Å². The first-order valence-corrected chi connectivity index (χ1v) is 11.2. The lowest BCUT2D eigenvalue weighted by Gasteiger charge is -2.32. The molecular weight excluding hydrogens is 372 g/mol. The second kappa shape index (κ2) is 11.3. The van der Waals surface area contributed by atoms with Gasteiger partial charge in [0, 0.05) is 51.4 Å². The van der Waals surface area contributed by atoms with E-state index in [0.29, 0.717) is 12.1 Å². The highest BCUT2D eigenvalue weighted by Gasteiger charge is 2.14. The second-order valence-electron chi connectivity index (χ2n) is 8.24. The zero-order chi connectivity index (χ0) is 21.3. The number of carbonyl (C=O) groups excluding carboxylic acids is 1. The third-order valence-corrected chi connectivity index (χ3v) is 5.96. The Bertz CT molecular complexity index is 793. The first-order chi connectivity index (χ1) is 14.6. The van der Waals surface area contributed by atoms with Crippen LogP contribution in [0.4, 0.5) is 0 Å². The van der Waals surface area contributed by atoms with Gasteiger partial charge in [-0.15, -0.1) is 0 Å².